The van der Waals surface area contributed by atoms with Crippen LogP contribution >= 0.6 is 15.9 Å². The molecule has 0 atom stereocenters. The van der Waals surface area contributed by atoms with Gasteiger partial charge in [0, 0.05) is 16.5 Å². The molecule has 0 radical (unpaired) electrons. The number of ether oxygens (including phenoxy) is 1. The minimum atomic E-state index is -0.546. The molecule has 6 nitrogen and oxygen atoms in total. The quantitative estimate of drug-likeness (QED) is 0.684. The minimum Gasteiger partial charge on any atom is -0.494 e. The summed E-state index contributed by atoms with van der Waals surface area (Å²) in [5.74, 6) is 0.0433. The van der Waals surface area contributed by atoms with Gasteiger partial charge < -0.3 is 10.1 Å². The molecule has 0 spiro atoms. The molecule has 7 heteroatoms. The first-order valence-corrected chi connectivity index (χ1v) is 6.15. The molecule has 0 unspecified atom stereocenters. The highest BCUT2D eigenvalue weighted by molar-refractivity contribution is 9.10. The Morgan fingerprint density at radius 2 is 2.22 bits per heavy atom. The van der Waals surface area contributed by atoms with Gasteiger partial charge >= 0.3 is 0 Å². The molecular weight excluding hydrogens is 304 g/mol. The molecule has 1 aliphatic carbocycles. The maximum Gasteiger partial charge on any atom is 0.297 e. The summed E-state index contributed by atoms with van der Waals surface area (Å²) in [4.78, 5) is 22.1. The van der Waals surface area contributed by atoms with Crippen molar-refractivity contribution in [3.8, 4) is 5.75 Å². The summed E-state index contributed by atoms with van der Waals surface area (Å²) in [7, 11) is 1.40. The van der Waals surface area contributed by atoms with Crippen molar-refractivity contribution >= 4 is 33.2 Å². The van der Waals surface area contributed by atoms with Crippen molar-refractivity contribution in [2.45, 2.75) is 12.8 Å². The molecule has 1 saturated carbocycles. The third kappa shape index (κ3) is 2.61. The van der Waals surface area contributed by atoms with Crippen molar-refractivity contribution in [1.29, 1.82) is 0 Å². The van der Waals surface area contributed by atoms with E-state index in [9.17, 15) is 14.9 Å². The fourth-order valence-electron chi connectivity index (χ4n) is 1.57. The summed E-state index contributed by atoms with van der Waals surface area (Å²) in [5.41, 5.74) is -0.0715. The summed E-state index contributed by atoms with van der Waals surface area (Å²) in [6.07, 6.45) is 1.66. The average Bonchev–Trinajstić information content (AvgIpc) is 3.14. The number of carbonyl (C=O) groups excluding carboxylic acids is 1. The van der Waals surface area contributed by atoms with E-state index in [1.54, 1.807) is 6.07 Å². The molecule has 0 aliphatic heterocycles. The van der Waals surface area contributed by atoms with E-state index in [1.165, 1.54) is 13.2 Å². The Balaban J connectivity index is 2.40. The van der Waals surface area contributed by atoms with Crippen molar-refractivity contribution < 1.29 is 14.5 Å². The van der Waals surface area contributed by atoms with Crippen LogP contribution < -0.4 is 10.1 Å². The van der Waals surface area contributed by atoms with Crippen LogP contribution in [0.5, 0.6) is 5.75 Å². The molecule has 1 aromatic carbocycles. The highest BCUT2D eigenvalue weighted by Crippen LogP contribution is 2.39. The van der Waals surface area contributed by atoms with E-state index in [-0.39, 0.29) is 28.9 Å². The normalized spacial score (nSPS) is 14.1. The number of carbonyl (C=O) groups is 1. The second-order valence-electron chi connectivity index (χ2n) is 4.02. The molecule has 0 bridgehead atoms. The summed E-state index contributed by atoms with van der Waals surface area (Å²) in [5, 5.41) is 13.6. The van der Waals surface area contributed by atoms with E-state index in [0.29, 0.717) is 4.47 Å². The van der Waals surface area contributed by atoms with Crippen LogP contribution in [0.2, 0.25) is 0 Å². The molecule has 0 heterocycles. The largest absolute Gasteiger partial charge is 0.494 e. The average molecular weight is 315 g/mol. The predicted octanol–water partition coefficient (Wildman–Crippen LogP) is 2.71. The molecule has 0 saturated heterocycles. The Morgan fingerprint density at radius 3 is 2.72 bits per heavy atom. The highest BCUT2D eigenvalue weighted by atomic mass is 79.9. The number of methoxy groups -OCH3 is 1. The maximum atomic E-state index is 11.7. The van der Waals surface area contributed by atoms with E-state index >= 15 is 0 Å². The van der Waals surface area contributed by atoms with Gasteiger partial charge in [-0.2, -0.15) is 0 Å². The summed E-state index contributed by atoms with van der Waals surface area (Å²) >= 11 is 3.17. The SMILES string of the molecule is COc1cc(Br)cc([N+](=O)[O-])c1NC(=O)C1CC1. The van der Waals surface area contributed by atoms with Crippen LogP contribution in [-0.4, -0.2) is 17.9 Å². The van der Waals surface area contributed by atoms with Gasteiger partial charge in [-0.25, -0.2) is 0 Å². The standard InChI is InChI=1S/C11H11BrN2O4/c1-18-9-5-7(12)4-8(14(16)17)10(9)13-11(15)6-2-3-6/h4-6H,2-3H2,1H3,(H,13,15). The zero-order valence-electron chi connectivity index (χ0n) is 9.60. The van der Waals surface area contributed by atoms with Crippen LogP contribution in [0.3, 0.4) is 0 Å². The highest BCUT2D eigenvalue weighted by Gasteiger charge is 2.32. The monoisotopic (exact) mass is 314 g/mol. The number of hydrogen-bond donors (Lipinski definition) is 1. The Morgan fingerprint density at radius 1 is 1.56 bits per heavy atom. The first-order chi connectivity index (χ1) is 8.52. The van der Waals surface area contributed by atoms with Gasteiger partial charge in [0.1, 0.15) is 0 Å². The lowest BCUT2D eigenvalue weighted by atomic mass is 10.2. The van der Waals surface area contributed by atoms with E-state index in [2.05, 4.69) is 21.2 Å². The van der Waals surface area contributed by atoms with Crippen LogP contribution in [0.15, 0.2) is 16.6 Å². The number of benzene rings is 1. The molecule has 1 aliphatic rings. The molecule has 1 amide bonds. The summed E-state index contributed by atoms with van der Waals surface area (Å²) < 4.78 is 5.59. The molecule has 1 N–H and O–H groups in total. The van der Waals surface area contributed by atoms with Gasteiger partial charge in [-0.15, -0.1) is 0 Å². The van der Waals surface area contributed by atoms with E-state index in [4.69, 9.17) is 4.74 Å². The first kappa shape index (κ1) is 12.8. The van der Waals surface area contributed by atoms with Crippen molar-refractivity contribution in [3.05, 3.63) is 26.7 Å². The van der Waals surface area contributed by atoms with Crippen molar-refractivity contribution in [1.82, 2.24) is 0 Å². The maximum absolute atomic E-state index is 11.7. The minimum absolute atomic E-state index is 0.0297. The van der Waals surface area contributed by atoms with Crippen LogP contribution in [0.4, 0.5) is 11.4 Å². The van der Waals surface area contributed by atoms with Gasteiger partial charge in [-0.3, -0.25) is 14.9 Å². The second-order valence-corrected chi connectivity index (χ2v) is 4.94. The predicted molar refractivity (Wildman–Crippen MR) is 68.7 cm³/mol. The number of nitro benzene ring substituents is 1. The fraction of sp³-hybridized carbons (Fsp3) is 0.364. The third-order valence-electron chi connectivity index (χ3n) is 2.66. The van der Waals surface area contributed by atoms with Crippen molar-refractivity contribution in [2.75, 3.05) is 12.4 Å². The van der Waals surface area contributed by atoms with Gasteiger partial charge in [0.05, 0.1) is 12.0 Å². The Labute approximate surface area is 112 Å². The zero-order valence-corrected chi connectivity index (χ0v) is 11.2. The van der Waals surface area contributed by atoms with E-state index < -0.39 is 4.92 Å². The molecule has 96 valence electrons. The van der Waals surface area contributed by atoms with Gasteiger partial charge in [-0.05, 0) is 18.9 Å². The second kappa shape index (κ2) is 4.93. The summed E-state index contributed by atoms with van der Waals surface area (Å²) in [6, 6.07) is 2.92. The lowest BCUT2D eigenvalue weighted by molar-refractivity contribution is -0.384. The van der Waals surface area contributed by atoms with Crippen molar-refractivity contribution in [3.63, 3.8) is 0 Å². The topological polar surface area (TPSA) is 81.5 Å². The van der Waals surface area contributed by atoms with Crippen LogP contribution in [-0.2, 0) is 4.79 Å². The number of amides is 1. The number of nitrogens with zero attached hydrogens (tertiary/aromatic N) is 1. The molecular formula is C11H11BrN2O4. The number of hydrogen-bond acceptors (Lipinski definition) is 4. The lowest BCUT2D eigenvalue weighted by Gasteiger charge is -2.10. The van der Waals surface area contributed by atoms with Gasteiger partial charge in [0.25, 0.3) is 5.69 Å². The van der Waals surface area contributed by atoms with Crippen LogP contribution in [0, 0.1) is 16.0 Å². The van der Waals surface area contributed by atoms with E-state index in [0.717, 1.165) is 12.8 Å². The smallest absolute Gasteiger partial charge is 0.297 e. The molecule has 0 aromatic heterocycles. The Kier molecular flexibility index (Phi) is 3.51. The molecule has 1 aromatic rings. The number of nitrogens with one attached hydrogen (secondary N) is 1. The molecule has 18 heavy (non-hydrogen) atoms. The molecule has 1 fully saturated rings. The summed E-state index contributed by atoms with van der Waals surface area (Å²) in [6.45, 7) is 0. The van der Waals surface area contributed by atoms with Gasteiger partial charge in [0.2, 0.25) is 5.91 Å². The van der Waals surface area contributed by atoms with E-state index in [1.807, 2.05) is 0 Å². The van der Waals surface area contributed by atoms with Gasteiger partial charge in [-0.1, -0.05) is 15.9 Å². The number of anilines is 1. The molecule has 2 rings (SSSR count). The number of rotatable bonds is 4. The van der Waals surface area contributed by atoms with Crippen LogP contribution in [0.25, 0.3) is 0 Å². The third-order valence-corrected chi connectivity index (χ3v) is 3.12. The Bertz CT molecular complexity index is 514. The first-order valence-electron chi connectivity index (χ1n) is 5.35. The number of halogens is 1. The zero-order chi connectivity index (χ0) is 13.3. The number of nitro groups is 1. The van der Waals surface area contributed by atoms with Crippen LogP contribution in [0.1, 0.15) is 12.8 Å². The van der Waals surface area contributed by atoms with Gasteiger partial charge in [0.15, 0.2) is 11.4 Å². The van der Waals surface area contributed by atoms with Crippen molar-refractivity contribution in [2.24, 2.45) is 5.92 Å². The Hall–Kier alpha value is -1.63. The lowest BCUT2D eigenvalue weighted by Crippen LogP contribution is -2.15. The fourth-order valence-corrected chi connectivity index (χ4v) is 1.99.